The van der Waals surface area contributed by atoms with E-state index in [9.17, 15) is 14.7 Å². The number of carboxylic acid groups (broad SMARTS) is 1. The molecule has 0 spiro atoms. The molecule has 3 aromatic rings. The summed E-state index contributed by atoms with van der Waals surface area (Å²) in [6.45, 7) is 0.508. The van der Waals surface area contributed by atoms with Crippen LogP contribution in [-0.4, -0.2) is 46.7 Å². The molecule has 0 unspecified atom stereocenters. The first kappa shape index (κ1) is 19.9. The van der Waals surface area contributed by atoms with E-state index in [2.05, 4.69) is 0 Å². The molecule has 1 fully saturated rings. The van der Waals surface area contributed by atoms with Crippen LogP contribution in [0.3, 0.4) is 0 Å². The fourth-order valence-corrected chi connectivity index (χ4v) is 3.88. The molecule has 1 aliphatic rings. The van der Waals surface area contributed by atoms with Crippen LogP contribution in [-0.2, 0) is 10.4 Å². The van der Waals surface area contributed by atoms with Gasteiger partial charge in [0.25, 0.3) is 5.91 Å². The normalized spacial score (nSPS) is 15.7. The predicted molar refractivity (Wildman–Crippen MR) is 113 cm³/mol. The number of rotatable bonds is 5. The number of fused-ring (bicyclic) bond motifs is 1. The first-order valence-corrected chi connectivity index (χ1v) is 9.90. The van der Waals surface area contributed by atoms with Gasteiger partial charge in [-0.2, -0.15) is 0 Å². The van der Waals surface area contributed by atoms with E-state index in [1.54, 1.807) is 29.2 Å². The highest BCUT2D eigenvalue weighted by Crippen LogP contribution is 2.34. The van der Waals surface area contributed by atoms with Gasteiger partial charge in [0.2, 0.25) is 0 Å². The van der Waals surface area contributed by atoms with Gasteiger partial charge in [-0.25, -0.2) is 4.79 Å². The van der Waals surface area contributed by atoms with Crippen LogP contribution < -0.4 is 4.74 Å². The van der Waals surface area contributed by atoms with Gasteiger partial charge < -0.3 is 19.8 Å². The number of ether oxygens (including phenoxy) is 1. The Morgan fingerprint density at radius 2 is 1.60 bits per heavy atom. The second kappa shape index (κ2) is 8.16. The van der Waals surface area contributed by atoms with Crippen LogP contribution in [0.5, 0.6) is 5.75 Å². The Labute approximate surface area is 174 Å². The number of hydrogen-bond acceptors (Lipinski definition) is 4. The summed E-state index contributed by atoms with van der Waals surface area (Å²) in [5.74, 6) is -0.630. The summed E-state index contributed by atoms with van der Waals surface area (Å²) < 4.78 is 5.14. The topological polar surface area (TPSA) is 87.1 Å². The minimum Gasteiger partial charge on any atom is -0.482 e. The molecule has 1 heterocycles. The van der Waals surface area contributed by atoms with E-state index in [0.29, 0.717) is 37.2 Å². The number of likely N-dealkylation sites (tertiary alicyclic amines) is 1. The van der Waals surface area contributed by atoms with Crippen LogP contribution in [0.2, 0.25) is 0 Å². The fraction of sp³-hybridized carbons (Fsp3) is 0.250. The molecule has 154 valence electrons. The van der Waals surface area contributed by atoms with Gasteiger partial charge in [0.15, 0.2) is 6.61 Å². The number of benzene rings is 3. The van der Waals surface area contributed by atoms with Crippen molar-refractivity contribution in [2.75, 3.05) is 19.7 Å². The highest BCUT2D eigenvalue weighted by atomic mass is 16.5. The molecule has 0 aliphatic carbocycles. The molecule has 1 amide bonds. The largest absolute Gasteiger partial charge is 0.482 e. The number of nitrogens with zero attached hydrogens (tertiary/aromatic N) is 1. The van der Waals surface area contributed by atoms with Crippen molar-refractivity contribution in [3.63, 3.8) is 0 Å². The van der Waals surface area contributed by atoms with Gasteiger partial charge >= 0.3 is 5.97 Å². The smallest absolute Gasteiger partial charge is 0.341 e. The van der Waals surface area contributed by atoms with E-state index < -0.39 is 18.2 Å². The summed E-state index contributed by atoms with van der Waals surface area (Å²) in [7, 11) is 0. The van der Waals surface area contributed by atoms with E-state index >= 15 is 0 Å². The summed E-state index contributed by atoms with van der Waals surface area (Å²) in [5.41, 5.74) is 0.368. The zero-order chi connectivity index (χ0) is 21.1. The van der Waals surface area contributed by atoms with Crippen molar-refractivity contribution in [3.05, 3.63) is 77.9 Å². The number of hydrogen-bond donors (Lipinski definition) is 2. The molecule has 30 heavy (non-hydrogen) atoms. The first-order valence-electron chi connectivity index (χ1n) is 9.90. The number of aliphatic hydroxyl groups is 1. The quantitative estimate of drug-likeness (QED) is 0.679. The zero-order valence-electron chi connectivity index (χ0n) is 16.5. The lowest BCUT2D eigenvalue weighted by Gasteiger charge is -2.38. The molecule has 0 radical (unpaired) electrons. The van der Waals surface area contributed by atoms with Gasteiger partial charge in [-0.15, -0.1) is 0 Å². The van der Waals surface area contributed by atoms with E-state index in [0.717, 1.165) is 16.3 Å². The Kier molecular flexibility index (Phi) is 5.42. The summed E-state index contributed by atoms with van der Waals surface area (Å²) in [6, 6.07) is 20.5. The lowest BCUT2D eigenvalue weighted by molar-refractivity contribution is -0.139. The second-order valence-corrected chi connectivity index (χ2v) is 7.59. The van der Waals surface area contributed by atoms with Crippen molar-refractivity contribution >= 4 is 22.6 Å². The molecule has 1 aliphatic heterocycles. The summed E-state index contributed by atoms with van der Waals surface area (Å²) in [5, 5.41) is 21.9. The second-order valence-electron chi connectivity index (χ2n) is 7.59. The summed E-state index contributed by atoms with van der Waals surface area (Å²) in [4.78, 5) is 25.3. The number of amides is 1. The van der Waals surface area contributed by atoms with Gasteiger partial charge in [0, 0.05) is 18.7 Å². The minimum atomic E-state index is -1.04. The lowest BCUT2D eigenvalue weighted by Crippen LogP contribution is -2.45. The van der Waals surface area contributed by atoms with Crippen LogP contribution in [0.1, 0.15) is 28.8 Å². The molecule has 4 rings (SSSR count). The molecule has 6 nitrogen and oxygen atoms in total. The number of carboxylic acids is 1. The summed E-state index contributed by atoms with van der Waals surface area (Å²) in [6.07, 6.45) is 0.864. The number of carbonyl (C=O) groups excluding carboxylic acids is 1. The lowest BCUT2D eigenvalue weighted by atomic mass is 9.84. The molecule has 0 aromatic heterocycles. The summed E-state index contributed by atoms with van der Waals surface area (Å²) >= 11 is 0. The van der Waals surface area contributed by atoms with E-state index in [1.807, 2.05) is 42.5 Å². The van der Waals surface area contributed by atoms with Gasteiger partial charge in [0.05, 0.1) is 5.60 Å². The molecule has 0 bridgehead atoms. The van der Waals surface area contributed by atoms with Crippen molar-refractivity contribution in [2.24, 2.45) is 0 Å². The Morgan fingerprint density at radius 3 is 2.27 bits per heavy atom. The van der Waals surface area contributed by atoms with Crippen molar-refractivity contribution in [1.29, 1.82) is 0 Å². The third-order valence-corrected chi connectivity index (χ3v) is 5.63. The molecule has 2 N–H and O–H groups in total. The van der Waals surface area contributed by atoms with Crippen LogP contribution >= 0.6 is 0 Å². The maximum Gasteiger partial charge on any atom is 0.341 e. The third-order valence-electron chi connectivity index (χ3n) is 5.63. The molecule has 6 heteroatoms. The van der Waals surface area contributed by atoms with Gasteiger partial charge in [0.1, 0.15) is 5.75 Å². The van der Waals surface area contributed by atoms with Gasteiger partial charge in [-0.05, 0) is 53.4 Å². The van der Waals surface area contributed by atoms with Crippen LogP contribution in [0.4, 0.5) is 0 Å². The van der Waals surface area contributed by atoms with E-state index in [4.69, 9.17) is 9.84 Å². The Morgan fingerprint density at radius 1 is 0.933 bits per heavy atom. The zero-order valence-corrected chi connectivity index (χ0v) is 16.5. The number of piperidine rings is 1. The Hall–Kier alpha value is -3.38. The molecule has 0 saturated carbocycles. The van der Waals surface area contributed by atoms with Crippen molar-refractivity contribution in [1.82, 2.24) is 4.90 Å². The highest BCUT2D eigenvalue weighted by Gasteiger charge is 2.35. The van der Waals surface area contributed by atoms with Crippen molar-refractivity contribution < 1.29 is 24.5 Å². The minimum absolute atomic E-state index is 0.0276. The van der Waals surface area contributed by atoms with Crippen LogP contribution in [0.15, 0.2) is 66.7 Å². The van der Waals surface area contributed by atoms with Crippen molar-refractivity contribution in [3.8, 4) is 5.75 Å². The number of carbonyl (C=O) groups is 2. The monoisotopic (exact) mass is 405 g/mol. The SMILES string of the molecule is O=C(O)COc1ccc(C2(O)CCN(C(=O)c3ccc4ccccc4c3)CC2)cc1. The first-order chi connectivity index (χ1) is 14.4. The Bertz CT molecular complexity index is 1070. The average molecular weight is 405 g/mol. The molecule has 1 saturated heterocycles. The maximum absolute atomic E-state index is 12.9. The average Bonchev–Trinajstić information content (AvgIpc) is 2.77. The molecular formula is C24H23NO5. The fourth-order valence-electron chi connectivity index (χ4n) is 3.88. The predicted octanol–water partition coefficient (Wildman–Crippen LogP) is 3.43. The van der Waals surface area contributed by atoms with Gasteiger partial charge in [-0.3, -0.25) is 4.79 Å². The van der Waals surface area contributed by atoms with Crippen molar-refractivity contribution in [2.45, 2.75) is 18.4 Å². The molecule has 0 atom stereocenters. The van der Waals surface area contributed by atoms with Gasteiger partial charge in [-0.1, -0.05) is 42.5 Å². The maximum atomic E-state index is 12.9. The Balaban J connectivity index is 1.41. The molecule has 3 aromatic carbocycles. The standard InChI is InChI=1S/C24H23NO5/c26-22(27)16-30-21-9-7-20(8-10-21)24(29)11-13-25(14-12-24)23(28)19-6-5-17-3-1-2-4-18(17)15-19/h1-10,15,29H,11-14,16H2,(H,26,27). The van der Waals surface area contributed by atoms with Crippen LogP contribution in [0, 0.1) is 0 Å². The highest BCUT2D eigenvalue weighted by molar-refractivity contribution is 5.98. The van der Waals surface area contributed by atoms with Crippen LogP contribution in [0.25, 0.3) is 10.8 Å². The third kappa shape index (κ3) is 4.14. The molecular weight excluding hydrogens is 382 g/mol. The van der Waals surface area contributed by atoms with E-state index in [-0.39, 0.29) is 5.91 Å². The number of aliphatic carboxylic acids is 1. The van der Waals surface area contributed by atoms with E-state index in [1.165, 1.54) is 0 Å².